The zero-order valence-electron chi connectivity index (χ0n) is 15.9. The van der Waals surface area contributed by atoms with Gasteiger partial charge in [0.15, 0.2) is 0 Å². The Morgan fingerprint density at radius 3 is 2.48 bits per heavy atom. The smallest absolute Gasteiger partial charge is 0.399 e. The van der Waals surface area contributed by atoms with Gasteiger partial charge in [0.1, 0.15) is 11.5 Å². The second-order valence-electron chi connectivity index (χ2n) is 7.79. The lowest BCUT2D eigenvalue weighted by atomic mass is 9.79. The molecule has 3 heterocycles. The number of carbonyl (C=O) groups excluding carboxylic acids is 1. The number of aromatic nitrogens is 2. The number of fused-ring (bicyclic) bond motifs is 1. The van der Waals surface area contributed by atoms with Gasteiger partial charge in [-0.3, -0.25) is 4.79 Å². The number of H-pyrrole nitrogens is 1. The first kappa shape index (κ1) is 17.8. The molecule has 2 aromatic heterocycles. The minimum atomic E-state index is -0.437. The van der Waals surface area contributed by atoms with E-state index in [2.05, 4.69) is 15.3 Å². The Balaban J connectivity index is 1.58. The summed E-state index contributed by atoms with van der Waals surface area (Å²) in [4.78, 5) is 19.7. The van der Waals surface area contributed by atoms with Crippen LogP contribution in [0.15, 0.2) is 48.7 Å². The average molecular weight is 363 g/mol. The maximum Gasteiger partial charge on any atom is 0.494 e. The lowest BCUT2D eigenvalue weighted by Gasteiger charge is -2.32. The van der Waals surface area contributed by atoms with Crippen LogP contribution in [0.4, 0.5) is 5.82 Å². The van der Waals surface area contributed by atoms with Crippen LogP contribution < -0.4 is 10.8 Å². The molecule has 4 rings (SSSR count). The van der Waals surface area contributed by atoms with Crippen molar-refractivity contribution in [1.82, 2.24) is 9.97 Å². The number of nitrogens with one attached hydrogen (secondary N) is 2. The van der Waals surface area contributed by atoms with E-state index in [9.17, 15) is 4.79 Å². The van der Waals surface area contributed by atoms with Gasteiger partial charge in [0.2, 0.25) is 0 Å². The zero-order chi connectivity index (χ0) is 19.2. The van der Waals surface area contributed by atoms with Crippen LogP contribution in [-0.4, -0.2) is 34.2 Å². The molecule has 2 N–H and O–H groups in total. The Labute approximate surface area is 158 Å². The van der Waals surface area contributed by atoms with Gasteiger partial charge in [0.05, 0.1) is 11.2 Å². The van der Waals surface area contributed by atoms with Gasteiger partial charge >= 0.3 is 7.12 Å². The van der Waals surface area contributed by atoms with Gasteiger partial charge in [0.25, 0.3) is 5.91 Å². The summed E-state index contributed by atoms with van der Waals surface area (Å²) in [6, 6.07) is 13.1. The fraction of sp³-hybridized carbons (Fsp3) is 0.300. The third kappa shape index (κ3) is 3.24. The standard InChI is InChI=1S/C20H22BN3O3/c1-19(2)20(3,4)27-21(26-19)14-9-8-13-11-16(23-15(13)12-14)18(25)24-17-7-5-6-10-22-17/h5-12,23H,1-4H3,(H,22,24,25). The van der Waals surface area contributed by atoms with Crippen molar-refractivity contribution >= 4 is 35.2 Å². The number of hydrogen-bond acceptors (Lipinski definition) is 4. The van der Waals surface area contributed by atoms with Crippen LogP contribution in [0.3, 0.4) is 0 Å². The van der Waals surface area contributed by atoms with Crippen molar-refractivity contribution in [3.05, 3.63) is 54.4 Å². The van der Waals surface area contributed by atoms with Crippen LogP contribution in [0.2, 0.25) is 0 Å². The summed E-state index contributed by atoms with van der Waals surface area (Å²) < 4.78 is 12.2. The van der Waals surface area contributed by atoms with Crippen molar-refractivity contribution in [3.63, 3.8) is 0 Å². The number of aromatic amines is 1. The number of hydrogen-bond donors (Lipinski definition) is 2. The van der Waals surface area contributed by atoms with E-state index in [4.69, 9.17) is 9.31 Å². The highest BCUT2D eigenvalue weighted by atomic mass is 16.7. The minimum Gasteiger partial charge on any atom is -0.399 e. The van der Waals surface area contributed by atoms with E-state index in [-0.39, 0.29) is 5.91 Å². The van der Waals surface area contributed by atoms with Crippen LogP contribution >= 0.6 is 0 Å². The summed E-state index contributed by atoms with van der Waals surface area (Å²) in [7, 11) is -0.437. The third-order valence-corrected chi connectivity index (χ3v) is 5.32. The topological polar surface area (TPSA) is 76.2 Å². The molecule has 0 unspecified atom stereocenters. The van der Waals surface area contributed by atoms with E-state index < -0.39 is 18.3 Å². The van der Waals surface area contributed by atoms with E-state index in [0.29, 0.717) is 11.5 Å². The third-order valence-electron chi connectivity index (χ3n) is 5.32. The predicted molar refractivity (Wildman–Crippen MR) is 106 cm³/mol. The van der Waals surface area contributed by atoms with Crippen molar-refractivity contribution in [1.29, 1.82) is 0 Å². The first-order valence-electron chi connectivity index (χ1n) is 8.96. The quantitative estimate of drug-likeness (QED) is 0.701. The first-order valence-corrected chi connectivity index (χ1v) is 8.96. The van der Waals surface area contributed by atoms with Gasteiger partial charge < -0.3 is 19.6 Å². The largest absolute Gasteiger partial charge is 0.494 e. The van der Waals surface area contributed by atoms with Gasteiger partial charge in [-0.2, -0.15) is 0 Å². The fourth-order valence-corrected chi connectivity index (χ4v) is 3.01. The molecule has 1 aliphatic heterocycles. The Kier molecular flexibility index (Phi) is 4.09. The maximum absolute atomic E-state index is 12.5. The first-order chi connectivity index (χ1) is 12.7. The molecule has 0 spiro atoms. The Morgan fingerprint density at radius 1 is 1.07 bits per heavy atom. The van der Waals surface area contributed by atoms with Crippen LogP contribution in [-0.2, 0) is 9.31 Å². The van der Waals surface area contributed by atoms with Gasteiger partial charge in [0, 0.05) is 17.1 Å². The maximum atomic E-state index is 12.5. The normalized spacial score (nSPS) is 18.0. The molecule has 27 heavy (non-hydrogen) atoms. The Bertz CT molecular complexity index is 982. The van der Waals surface area contributed by atoms with Gasteiger partial charge in [-0.15, -0.1) is 0 Å². The number of nitrogens with zero attached hydrogens (tertiary/aromatic N) is 1. The molecular weight excluding hydrogens is 341 g/mol. The lowest BCUT2D eigenvalue weighted by molar-refractivity contribution is 0.00578. The highest BCUT2D eigenvalue weighted by Crippen LogP contribution is 2.36. The minimum absolute atomic E-state index is 0.234. The summed E-state index contributed by atoms with van der Waals surface area (Å²) in [5.41, 5.74) is 1.46. The Morgan fingerprint density at radius 2 is 1.81 bits per heavy atom. The number of benzene rings is 1. The van der Waals surface area contributed by atoms with E-state index in [1.54, 1.807) is 18.3 Å². The molecule has 0 bridgehead atoms. The molecule has 1 amide bonds. The van der Waals surface area contributed by atoms with E-state index in [0.717, 1.165) is 16.4 Å². The molecule has 1 saturated heterocycles. The molecule has 7 heteroatoms. The van der Waals surface area contributed by atoms with Crippen molar-refractivity contribution < 1.29 is 14.1 Å². The molecule has 6 nitrogen and oxygen atoms in total. The fourth-order valence-electron chi connectivity index (χ4n) is 3.01. The van der Waals surface area contributed by atoms with Crippen molar-refractivity contribution in [2.75, 3.05) is 5.32 Å². The number of rotatable bonds is 3. The van der Waals surface area contributed by atoms with Crippen molar-refractivity contribution in [3.8, 4) is 0 Å². The highest BCUT2D eigenvalue weighted by Gasteiger charge is 2.51. The van der Waals surface area contributed by atoms with Crippen LogP contribution in [0.25, 0.3) is 10.9 Å². The number of carbonyl (C=O) groups is 1. The van der Waals surface area contributed by atoms with Crippen molar-refractivity contribution in [2.45, 2.75) is 38.9 Å². The molecule has 0 aliphatic carbocycles. The monoisotopic (exact) mass is 363 g/mol. The summed E-state index contributed by atoms with van der Waals surface area (Å²) in [5.74, 6) is 0.279. The van der Waals surface area contributed by atoms with Crippen LogP contribution in [0.5, 0.6) is 0 Å². The second kappa shape index (κ2) is 6.21. The number of anilines is 1. The summed E-state index contributed by atoms with van der Waals surface area (Å²) >= 11 is 0. The summed E-state index contributed by atoms with van der Waals surface area (Å²) in [5, 5.41) is 3.73. The van der Waals surface area contributed by atoms with Crippen LogP contribution in [0, 0.1) is 0 Å². The molecular formula is C20H22BN3O3. The molecule has 1 fully saturated rings. The summed E-state index contributed by atoms with van der Waals surface area (Å²) in [6.45, 7) is 8.11. The summed E-state index contributed by atoms with van der Waals surface area (Å²) in [6.07, 6.45) is 1.64. The lowest BCUT2D eigenvalue weighted by Crippen LogP contribution is -2.41. The number of amides is 1. The second-order valence-corrected chi connectivity index (χ2v) is 7.79. The predicted octanol–water partition coefficient (Wildman–Crippen LogP) is 3.11. The molecule has 0 saturated carbocycles. The van der Waals surface area contributed by atoms with Crippen molar-refractivity contribution in [2.24, 2.45) is 0 Å². The Hall–Kier alpha value is -2.64. The van der Waals surface area contributed by atoms with E-state index in [1.807, 2.05) is 58.0 Å². The van der Waals surface area contributed by atoms with Crippen LogP contribution in [0.1, 0.15) is 38.2 Å². The highest BCUT2D eigenvalue weighted by molar-refractivity contribution is 6.62. The molecule has 0 radical (unpaired) electrons. The average Bonchev–Trinajstić information content (AvgIpc) is 3.13. The molecule has 3 aromatic rings. The van der Waals surface area contributed by atoms with E-state index >= 15 is 0 Å². The van der Waals surface area contributed by atoms with Gasteiger partial charge in [-0.1, -0.05) is 18.2 Å². The number of pyridine rings is 1. The van der Waals surface area contributed by atoms with Gasteiger partial charge in [-0.25, -0.2) is 4.98 Å². The molecule has 0 atom stereocenters. The molecule has 138 valence electrons. The van der Waals surface area contributed by atoms with Gasteiger partial charge in [-0.05, 0) is 57.4 Å². The molecule has 1 aromatic carbocycles. The zero-order valence-corrected chi connectivity index (χ0v) is 15.9. The SMILES string of the molecule is CC1(C)OB(c2ccc3cc(C(=O)Nc4ccccn4)[nH]c3c2)OC1(C)C. The molecule has 1 aliphatic rings. The van der Waals surface area contributed by atoms with E-state index in [1.165, 1.54) is 0 Å².